The van der Waals surface area contributed by atoms with E-state index < -0.39 is 0 Å². The molecule has 0 saturated heterocycles. The molecular formula is C27H30N6OS. The first-order chi connectivity index (χ1) is 17.1. The maximum absolute atomic E-state index is 12.9. The number of carbonyl (C=O) groups excluding carboxylic acids is 1. The molecule has 1 aliphatic carbocycles. The maximum Gasteiger partial charge on any atom is 0.230 e. The Morgan fingerprint density at radius 1 is 1.14 bits per heavy atom. The molecule has 1 amide bonds. The highest BCUT2D eigenvalue weighted by atomic mass is 32.2. The van der Waals surface area contributed by atoms with Crippen molar-refractivity contribution in [1.29, 1.82) is 0 Å². The molecule has 1 unspecified atom stereocenters. The Morgan fingerprint density at radius 2 is 2.00 bits per heavy atom. The Kier molecular flexibility index (Phi) is 6.99. The number of fused-ring (bicyclic) bond motifs is 1. The average molecular weight is 487 g/mol. The van der Waals surface area contributed by atoms with Gasteiger partial charge in [-0.25, -0.2) is 0 Å². The molecule has 1 atom stereocenters. The van der Waals surface area contributed by atoms with E-state index in [0.29, 0.717) is 5.75 Å². The smallest absolute Gasteiger partial charge is 0.230 e. The van der Waals surface area contributed by atoms with Crippen LogP contribution < -0.4 is 5.32 Å². The highest BCUT2D eigenvalue weighted by Gasteiger charge is 2.26. The summed E-state index contributed by atoms with van der Waals surface area (Å²) < 4.78 is 4.15. The van der Waals surface area contributed by atoms with Gasteiger partial charge in [0, 0.05) is 23.4 Å². The summed E-state index contributed by atoms with van der Waals surface area (Å²) in [4.78, 5) is 12.9. The van der Waals surface area contributed by atoms with Crippen LogP contribution in [0.25, 0.3) is 11.4 Å². The lowest BCUT2D eigenvalue weighted by Gasteiger charge is -2.24. The Hall–Kier alpha value is -3.39. The van der Waals surface area contributed by atoms with Crippen LogP contribution in [0.15, 0.2) is 66.0 Å². The van der Waals surface area contributed by atoms with E-state index in [9.17, 15) is 4.79 Å². The van der Waals surface area contributed by atoms with Crippen LogP contribution in [-0.2, 0) is 24.3 Å². The first kappa shape index (κ1) is 23.4. The molecule has 180 valence electrons. The molecule has 7 nitrogen and oxygen atoms in total. The number of benzene rings is 2. The van der Waals surface area contributed by atoms with Crippen molar-refractivity contribution in [3.63, 3.8) is 0 Å². The molecule has 0 aliphatic heterocycles. The van der Waals surface area contributed by atoms with Crippen LogP contribution >= 0.6 is 11.8 Å². The fraction of sp³-hybridized carbons (Fsp3) is 0.333. The third kappa shape index (κ3) is 5.17. The van der Waals surface area contributed by atoms with E-state index in [-0.39, 0.29) is 11.9 Å². The molecule has 35 heavy (non-hydrogen) atoms. The van der Waals surface area contributed by atoms with Crippen molar-refractivity contribution in [3.8, 4) is 11.4 Å². The first-order valence-electron chi connectivity index (χ1n) is 12.1. The van der Waals surface area contributed by atoms with Crippen molar-refractivity contribution in [2.75, 3.05) is 5.75 Å². The highest BCUT2D eigenvalue weighted by Crippen LogP contribution is 2.30. The zero-order valence-corrected chi connectivity index (χ0v) is 21.0. The topological polar surface area (TPSA) is 77.6 Å². The number of rotatable bonds is 8. The number of nitrogens with zero attached hydrogens (tertiary/aromatic N) is 5. The van der Waals surface area contributed by atoms with Gasteiger partial charge in [0.05, 0.1) is 24.5 Å². The summed E-state index contributed by atoms with van der Waals surface area (Å²) in [6, 6.07) is 18.6. The van der Waals surface area contributed by atoms with Crippen molar-refractivity contribution in [2.24, 2.45) is 0 Å². The summed E-state index contributed by atoms with van der Waals surface area (Å²) in [6.07, 6.45) is 4.89. The molecule has 2 aromatic carbocycles. The fourth-order valence-electron chi connectivity index (χ4n) is 4.71. The largest absolute Gasteiger partial charge is 0.348 e. The molecule has 2 heterocycles. The monoisotopic (exact) mass is 486 g/mol. The minimum atomic E-state index is 0.00303. The van der Waals surface area contributed by atoms with Gasteiger partial charge in [0.15, 0.2) is 11.0 Å². The molecule has 2 aromatic heterocycles. The second-order valence-corrected chi connectivity index (χ2v) is 9.85. The van der Waals surface area contributed by atoms with E-state index in [1.807, 2.05) is 24.4 Å². The minimum Gasteiger partial charge on any atom is -0.348 e. The van der Waals surface area contributed by atoms with Crippen LogP contribution in [-0.4, -0.2) is 36.2 Å². The van der Waals surface area contributed by atoms with Crippen molar-refractivity contribution >= 4 is 17.7 Å². The van der Waals surface area contributed by atoms with Crippen LogP contribution in [0.4, 0.5) is 0 Å². The molecule has 4 aromatic rings. The van der Waals surface area contributed by atoms with Crippen LogP contribution in [0.3, 0.4) is 0 Å². The van der Waals surface area contributed by atoms with Crippen molar-refractivity contribution in [3.05, 3.63) is 83.2 Å². The van der Waals surface area contributed by atoms with Gasteiger partial charge in [0.25, 0.3) is 0 Å². The molecule has 5 rings (SSSR count). The number of hydrogen-bond acceptors (Lipinski definition) is 5. The lowest BCUT2D eigenvalue weighted by Crippen LogP contribution is -2.32. The lowest BCUT2D eigenvalue weighted by molar-refractivity contribution is -0.119. The predicted molar refractivity (Wildman–Crippen MR) is 138 cm³/mol. The number of thioether (sulfide) groups is 1. The van der Waals surface area contributed by atoms with E-state index in [1.54, 1.807) is 0 Å². The quantitative estimate of drug-likeness (QED) is 0.362. The molecular weight excluding hydrogens is 456 g/mol. The first-order valence-corrected chi connectivity index (χ1v) is 13.1. The van der Waals surface area contributed by atoms with Crippen LogP contribution in [0.2, 0.25) is 0 Å². The highest BCUT2D eigenvalue weighted by molar-refractivity contribution is 7.99. The molecule has 0 bridgehead atoms. The normalized spacial score (nSPS) is 15.1. The maximum atomic E-state index is 12.9. The van der Waals surface area contributed by atoms with Gasteiger partial charge < -0.3 is 9.88 Å². The van der Waals surface area contributed by atoms with Gasteiger partial charge in [-0.1, -0.05) is 65.9 Å². The summed E-state index contributed by atoms with van der Waals surface area (Å²) >= 11 is 1.43. The zero-order chi connectivity index (χ0) is 24.2. The van der Waals surface area contributed by atoms with E-state index >= 15 is 0 Å². The van der Waals surface area contributed by atoms with Gasteiger partial charge in [0.2, 0.25) is 5.91 Å². The van der Waals surface area contributed by atoms with Crippen LogP contribution in [0.1, 0.15) is 48.2 Å². The molecule has 0 saturated carbocycles. The number of nitrogens with one attached hydrogen (secondary N) is 1. The second kappa shape index (κ2) is 10.5. The Balaban J connectivity index is 1.24. The SMILES string of the molecule is CCn1c(SCC(=O)NC2CCCc3c2cnn3Cc2ccccc2)nnc1-c1cccc(C)c1. The van der Waals surface area contributed by atoms with Crippen LogP contribution in [0, 0.1) is 6.92 Å². The van der Waals surface area contributed by atoms with E-state index in [1.165, 1.54) is 28.6 Å². The molecule has 0 fully saturated rings. The van der Waals surface area contributed by atoms with E-state index in [2.05, 4.69) is 80.1 Å². The standard InChI is InChI=1S/C27H30N6OS/c1-3-32-26(21-12-7-9-19(2)15-21)30-31-27(32)35-18-25(34)29-23-13-8-14-24-22(23)16-28-33(24)17-20-10-5-4-6-11-20/h4-7,9-12,15-16,23H,3,8,13-14,17-18H2,1-2H3,(H,29,34). The average Bonchev–Trinajstić information content (AvgIpc) is 3.48. The van der Waals surface area contributed by atoms with Gasteiger partial charge in [-0.2, -0.15) is 5.10 Å². The Labute approximate surface area is 210 Å². The summed E-state index contributed by atoms with van der Waals surface area (Å²) in [6.45, 7) is 5.64. The minimum absolute atomic E-state index is 0.00303. The third-order valence-corrected chi connectivity index (χ3v) is 7.38. The lowest BCUT2D eigenvalue weighted by atomic mass is 9.93. The Bertz CT molecular complexity index is 1310. The van der Waals surface area contributed by atoms with Crippen molar-refractivity contribution in [2.45, 2.75) is 57.4 Å². The summed E-state index contributed by atoms with van der Waals surface area (Å²) in [5.74, 6) is 1.14. The van der Waals surface area contributed by atoms with Crippen LogP contribution in [0.5, 0.6) is 0 Å². The predicted octanol–water partition coefficient (Wildman–Crippen LogP) is 4.80. The summed E-state index contributed by atoms with van der Waals surface area (Å²) in [7, 11) is 0. The Morgan fingerprint density at radius 3 is 2.80 bits per heavy atom. The summed E-state index contributed by atoms with van der Waals surface area (Å²) in [5.41, 5.74) is 5.82. The fourth-order valence-corrected chi connectivity index (χ4v) is 5.52. The number of hydrogen-bond donors (Lipinski definition) is 1. The molecule has 1 N–H and O–H groups in total. The summed E-state index contributed by atoms with van der Waals surface area (Å²) in [5, 5.41) is 17.4. The van der Waals surface area contributed by atoms with Gasteiger partial charge >= 0.3 is 0 Å². The zero-order valence-electron chi connectivity index (χ0n) is 20.1. The second-order valence-electron chi connectivity index (χ2n) is 8.91. The van der Waals surface area contributed by atoms with E-state index in [4.69, 9.17) is 0 Å². The number of carbonyl (C=O) groups is 1. The van der Waals surface area contributed by atoms with Gasteiger partial charge in [-0.15, -0.1) is 10.2 Å². The number of aromatic nitrogens is 5. The molecule has 0 spiro atoms. The molecule has 1 aliphatic rings. The number of amides is 1. The van der Waals surface area contributed by atoms with Gasteiger partial charge in [-0.3, -0.25) is 9.48 Å². The van der Waals surface area contributed by atoms with E-state index in [0.717, 1.165) is 54.5 Å². The van der Waals surface area contributed by atoms with Gasteiger partial charge in [-0.05, 0) is 44.7 Å². The number of aryl methyl sites for hydroxylation is 1. The van der Waals surface area contributed by atoms with Crippen molar-refractivity contribution < 1.29 is 4.79 Å². The van der Waals surface area contributed by atoms with Gasteiger partial charge in [0.1, 0.15) is 0 Å². The van der Waals surface area contributed by atoms with Crippen molar-refractivity contribution in [1.82, 2.24) is 29.9 Å². The molecule has 8 heteroatoms. The molecule has 0 radical (unpaired) electrons. The third-order valence-electron chi connectivity index (χ3n) is 6.41.